The fourth-order valence-electron chi connectivity index (χ4n) is 3.94. The summed E-state index contributed by atoms with van der Waals surface area (Å²) in [6.07, 6.45) is 2.29. The second kappa shape index (κ2) is 7.00. The van der Waals surface area contributed by atoms with Gasteiger partial charge in [-0.15, -0.1) is 0 Å². The van der Waals surface area contributed by atoms with Gasteiger partial charge >= 0.3 is 0 Å². The molecular formula is C20H21N5O4. The van der Waals surface area contributed by atoms with Crippen molar-refractivity contribution in [3.63, 3.8) is 0 Å². The van der Waals surface area contributed by atoms with Crippen LogP contribution in [0.4, 0.5) is 6.01 Å². The molecule has 29 heavy (non-hydrogen) atoms. The smallest absolute Gasteiger partial charge is 0.295 e. The minimum absolute atomic E-state index is 0.174. The molecule has 2 saturated heterocycles. The lowest BCUT2D eigenvalue weighted by atomic mass is 10.0. The summed E-state index contributed by atoms with van der Waals surface area (Å²) in [5.74, 6) is -0.449. The van der Waals surface area contributed by atoms with Gasteiger partial charge in [-0.05, 0) is 23.6 Å². The summed E-state index contributed by atoms with van der Waals surface area (Å²) in [5, 5.41) is 8.68. The number of benzene rings is 1. The fourth-order valence-corrected chi connectivity index (χ4v) is 3.94. The van der Waals surface area contributed by atoms with Crippen molar-refractivity contribution in [1.82, 2.24) is 20.5 Å². The third-order valence-corrected chi connectivity index (χ3v) is 5.76. The Bertz CT molecular complexity index is 997. The van der Waals surface area contributed by atoms with Crippen molar-refractivity contribution in [2.75, 3.05) is 18.4 Å². The molecule has 0 radical (unpaired) electrons. The highest BCUT2D eigenvalue weighted by Crippen LogP contribution is 2.28. The van der Waals surface area contributed by atoms with Crippen LogP contribution in [0.15, 0.2) is 28.9 Å². The van der Waals surface area contributed by atoms with Crippen LogP contribution < -0.4 is 16.0 Å². The summed E-state index contributed by atoms with van der Waals surface area (Å²) < 4.78 is 5.48. The van der Waals surface area contributed by atoms with Crippen LogP contribution in [0.1, 0.15) is 45.9 Å². The minimum Gasteiger partial charge on any atom is -0.432 e. The van der Waals surface area contributed by atoms with Gasteiger partial charge in [0.15, 0.2) is 0 Å². The van der Waals surface area contributed by atoms with Crippen molar-refractivity contribution >= 4 is 23.7 Å². The van der Waals surface area contributed by atoms with E-state index in [1.165, 1.54) is 0 Å². The molecule has 0 bridgehead atoms. The number of oxazole rings is 1. The van der Waals surface area contributed by atoms with Crippen molar-refractivity contribution in [1.29, 1.82) is 0 Å². The number of nitrogens with one attached hydrogen (secondary N) is 3. The highest BCUT2D eigenvalue weighted by atomic mass is 16.4. The third-order valence-electron chi connectivity index (χ3n) is 5.76. The minimum atomic E-state index is -0.596. The summed E-state index contributed by atoms with van der Waals surface area (Å²) in [6.45, 7) is 2.69. The van der Waals surface area contributed by atoms with E-state index in [1.807, 2.05) is 18.2 Å². The first-order chi connectivity index (χ1) is 14.1. The van der Waals surface area contributed by atoms with E-state index in [0.717, 1.165) is 29.9 Å². The van der Waals surface area contributed by atoms with E-state index in [-0.39, 0.29) is 18.2 Å². The van der Waals surface area contributed by atoms with Crippen LogP contribution >= 0.6 is 0 Å². The van der Waals surface area contributed by atoms with Crippen LogP contribution in [-0.2, 0) is 22.7 Å². The normalized spacial score (nSPS) is 21.7. The number of aromatic nitrogens is 1. The highest BCUT2D eigenvalue weighted by Gasteiger charge is 2.39. The first-order valence-corrected chi connectivity index (χ1v) is 9.75. The molecule has 5 rings (SSSR count). The Morgan fingerprint density at radius 1 is 1.24 bits per heavy atom. The lowest BCUT2D eigenvalue weighted by Crippen LogP contribution is -2.52. The zero-order chi connectivity index (χ0) is 20.0. The molecule has 1 unspecified atom stereocenters. The summed E-state index contributed by atoms with van der Waals surface area (Å²) in [4.78, 5) is 42.4. The largest absolute Gasteiger partial charge is 0.432 e. The van der Waals surface area contributed by atoms with Gasteiger partial charge in [-0.2, -0.15) is 4.98 Å². The Kier molecular flexibility index (Phi) is 4.31. The molecule has 4 heterocycles. The van der Waals surface area contributed by atoms with Crippen LogP contribution in [0.2, 0.25) is 0 Å². The number of imide groups is 1. The first kappa shape index (κ1) is 17.9. The molecule has 0 aliphatic carbocycles. The third kappa shape index (κ3) is 3.27. The summed E-state index contributed by atoms with van der Waals surface area (Å²) in [6, 6.07) is 5.57. The van der Waals surface area contributed by atoms with Crippen LogP contribution in [0.5, 0.6) is 0 Å². The number of fused-ring (bicyclic) bond motifs is 1. The number of piperidine rings is 1. The van der Waals surface area contributed by atoms with E-state index < -0.39 is 11.9 Å². The zero-order valence-electron chi connectivity index (χ0n) is 15.7. The molecule has 9 nitrogen and oxygen atoms in total. The maximum atomic E-state index is 12.9. The molecule has 9 heteroatoms. The number of hydrogen-bond donors (Lipinski definition) is 3. The van der Waals surface area contributed by atoms with E-state index >= 15 is 0 Å². The molecule has 1 aromatic heterocycles. The van der Waals surface area contributed by atoms with E-state index in [1.54, 1.807) is 11.2 Å². The van der Waals surface area contributed by atoms with Gasteiger partial charge in [0.1, 0.15) is 12.3 Å². The lowest BCUT2D eigenvalue weighted by molar-refractivity contribution is -0.136. The molecule has 1 atom stereocenters. The monoisotopic (exact) mass is 395 g/mol. The Morgan fingerprint density at radius 2 is 2.10 bits per heavy atom. The first-order valence-electron chi connectivity index (χ1n) is 9.75. The summed E-state index contributed by atoms with van der Waals surface area (Å²) in [7, 11) is 0. The number of hydrogen-bond acceptors (Lipinski definition) is 7. The van der Waals surface area contributed by atoms with Gasteiger partial charge in [0.05, 0.1) is 5.69 Å². The Morgan fingerprint density at radius 3 is 2.86 bits per heavy atom. The van der Waals surface area contributed by atoms with Gasteiger partial charge < -0.3 is 20.0 Å². The fraction of sp³-hybridized carbons (Fsp3) is 0.400. The SMILES string of the molecule is O=C1CCC(N2Cc3ccc(CNc4nc(C5CNC5)co4)cc3C2=O)C(=O)N1. The highest BCUT2D eigenvalue weighted by molar-refractivity contribution is 6.05. The summed E-state index contributed by atoms with van der Waals surface area (Å²) >= 11 is 0. The van der Waals surface area contributed by atoms with Crippen LogP contribution in [0, 0.1) is 0 Å². The van der Waals surface area contributed by atoms with Crippen molar-refractivity contribution < 1.29 is 18.8 Å². The van der Waals surface area contributed by atoms with Crippen LogP contribution in [-0.4, -0.2) is 46.7 Å². The predicted octanol–water partition coefficient (Wildman–Crippen LogP) is 0.734. The Balaban J connectivity index is 1.26. The van der Waals surface area contributed by atoms with Gasteiger partial charge in [-0.3, -0.25) is 19.7 Å². The standard InChI is InChI=1S/C20H21N5O4/c26-17-4-3-16(18(27)24-17)25-9-12-2-1-11(5-14(12)19(25)28)6-22-20-23-15(10-29-20)13-7-21-8-13/h1-2,5,10,13,16,21H,3-4,6-9H2,(H,22,23)(H,24,26,27). The second-order valence-electron chi connectivity index (χ2n) is 7.68. The molecule has 3 aliphatic rings. The van der Waals surface area contributed by atoms with Crippen LogP contribution in [0.25, 0.3) is 0 Å². The van der Waals surface area contributed by atoms with Gasteiger partial charge in [0.25, 0.3) is 11.9 Å². The number of nitrogens with zero attached hydrogens (tertiary/aromatic N) is 2. The van der Waals surface area contributed by atoms with Crippen molar-refractivity contribution in [3.05, 3.63) is 46.8 Å². The number of rotatable bonds is 5. The molecule has 1 aromatic carbocycles. The molecule has 0 saturated carbocycles. The Hall–Kier alpha value is -3.20. The molecule has 0 spiro atoms. The second-order valence-corrected chi connectivity index (χ2v) is 7.68. The molecule has 150 valence electrons. The van der Waals surface area contributed by atoms with E-state index in [4.69, 9.17) is 4.42 Å². The lowest BCUT2D eigenvalue weighted by Gasteiger charge is -2.29. The van der Waals surface area contributed by atoms with E-state index in [2.05, 4.69) is 20.9 Å². The topological polar surface area (TPSA) is 117 Å². The average molecular weight is 395 g/mol. The maximum Gasteiger partial charge on any atom is 0.295 e. The molecule has 2 aromatic rings. The molecular weight excluding hydrogens is 374 g/mol. The number of anilines is 1. The van der Waals surface area contributed by atoms with Crippen LogP contribution in [0.3, 0.4) is 0 Å². The van der Waals surface area contributed by atoms with E-state index in [0.29, 0.717) is 37.0 Å². The molecule has 3 aliphatic heterocycles. The van der Waals surface area contributed by atoms with Crippen molar-refractivity contribution in [2.24, 2.45) is 0 Å². The summed E-state index contributed by atoms with van der Waals surface area (Å²) in [5.41, 5.74) is 3.35. The van der Waals surface area contributed by atoms with Gasteiger partial charge in [0, 0.05) is 44.1 Å². The maximum absolute atomic E-state index is 12.9. The molecule has 3 amide bonds. The van der Waals surface area contributed by atoms with Gasteiger partial charge in [-0.1, -0.05) is 12.1 Å². The molecule has 2 fully saturated rings. The quantitative estimate of drug-likeness (QED) is 0.639. The Labute approximate surface area is 166 Å². The number of carbonyl (C=O) groups excluding carboxylic acids is 3. The van der Waals surface area contributed by atoms with Crippen molar-refractivity contribution in [2.45, 2.75) is 37.9 Å². The number of amides is 3. The van der Waals surface area contributed by atoms with Gasteiger partial charge in [0.2, 0.25) is 11.8 Å². The predicted molar refractivity (Wildman–Crippen MR) is 102 cm³/mol. The average Bonchev–Trinajstić information content (AvgIpc) is 3.24. The molecule has 3 N–H and O–H groups in total. The van der Waals surface area contributed by atoms with Crippen molar-refractivity contribution in [3.8, 4) is 0 Å². The zero-order valence-corrected chi connectivity index (χ0v) is 15.7. The van der Waals surface area contributed by atoms with Gasteiger partial charge in [-0.25, -0.2) is 0 Å². The van der Waals surface area contributed by atoms with E-state index in [9.17, 15) is 14.4 Å². The number of carbonyl (C=O) groups is 3.